The molecule has 0 heterocycles. The Morgan fingerprint density at radius 1 is 1.28 bits per heavy atom. The molecule has 0 aliphatic rings. The van der Waals surface area contributed by atoms with Crippen molar-refractivity contribution in [1.29, 1.82) is 0 Å². The maximum absolute atomic E-state index is 11.0. The van der Waals surface area contributed by atoms with Crippen molar-refractivity contribution in [2.24, 2.45) is 0 Å². The first-order valence-corrected chi connectivity index (χ1v) is 6.51. The summed E-state index contributed by atoms with van der Waals surface area (Å²) in [5.74, 6) is 0. The number of benzene rings is 1. The molecule has 0 aliphatic heterocycles. The van der Waals surface area contributed by atoms with Crippen molar-refractivity contribution in [3.63, 3.8) is 0 Å². The Kier molecular flexibility index (Phi) is 5.55. The SMILES string of the molecule is CN(C)CCCN(C)c1ccc(Br)cc1[N+](=O)[O-]. The molecule has 0 aliphatic carbocycles. The predicted octanol–water partition coefficient (Wildman–Crippen LogP) is 2.75. The second-order valence-corrected chi connectivity index (χ2v) is 5.38. The van der Waals surface area contributed by atoms with Crippen LogP contribution in [0.2, 0.25) is 0 Å². The lowest BCUT2D eigenvalue weighted by molar-refractivity contribution is -0.384. The van der Waals surface area contributed by atoms with Crippen LogP contribution in [0, 0.1) is 10.1 Å². The molecule has 0 fully saturated rings. The molecule has 18 heavy (non-hydrogen) atoms. The van der Waals surface area contributed by atoms with E-state index < -0.39 is 0 Å². The number of nitro groups is 1. The number of halogens is 1. The van der Waals surface area contributed by atoms with E-state index in [1.807, 2.05) is 32.1 Å². The Labute approximate surface area is 116 Å². The molecule has 6 heteroatoms. The Morgan fingerprint density at radius 3 is 2.50 bits per heavy atom. The Bertz CT molecular complexity index is 424. The van der Waals surface area contributed by atoms with Gasteiger partial charge < -0.3 is 9.80 Å². The van der Waals surface area contributed by atoms with Crippen LogP contribution in [0.15, 0.2) is 22.7 Å². The molecule has 0 radical (unpaired) electrons. The van der Waals surface area contributed by atoms with Gasteiger partial charge in [-0.2, -0.15) is 0 Å². The highest BCUT2D eigenvalue weighted by Gasteiger charge is 2.17. The zero-order valence-electron chi connectivity index (χ0n) is 10.9. The summed E-state index contributed by atoms with van der Waals surface area (Å²) in [4.78, 5) is 14.7. The summed E-state index contributed by atoms with van der Waals surface area (Å²) in [5.41, 5.74) is 0.790. The fourth-order valence-electron chi connectivity index (χ4n) is 1.71. The fraction of sp³-hybridized carbons (Fsp3) is 0.500. The molecule has 1 aromatic rings. The third-order valence-electron chi connectivity index (χ3n) is 2.64. The lowest BCUT2D eigenvalue weighted by atomic mass is 10.2. The first-order valence-electron chi connectivity index (χ1n) is 5.71. The maximum atomic E-state index is 11.0. The van der Waals surface area contributed by atoms with Crippen molar-refractivity contribution in [3.8, 4) is 0 Å². The predicted molar refractivity (Wildman–Crippen MR) is 77.2 cm³/mol. The number of anilines is 1. The van der Waals surface area contributed by atoms with E-state index in [0.717, 1.165) is 24.0 Å². The van der Waals surface area contributed by atoms with Gasteiger partial charge in [-0.05, 0) is 39.2 Å². The highest BCUT2D eigenvalue weighted by molar-refractivity contribution is 9.10. The van der Waals surface area contributed by atoms with Crippen molar-refractivity contribution in [2.45, 2.75) is 6.42 Å². The van der Waals surface area contributed by atoms with Crippen molar-refractivity contribution in [3.05, 3.63) is 32.8 Å². The van der Waals surface area contributed by atoms with E-state index >= 15 is 0 Å². The summed E-state index contributed by atoms with van der Waals surface area (Å²) in [6.45, 7) is 1.76. The second kappa shape index (κ2) is 6.70. The zero-order valence-corrected chi connectivity index (χ0v) is 12.5. The lowest BCUT2D eigenvalue weighted by Crippen LogP contribution is -2.23. The smallest absolute Gasteiger partial charge is 0.293 e. The summed E-state index contributed by atoms with van der Waals surface area (Å²) < 4.78 is 0.722. The molecule has 0 saturated heterocycles. The van der Waals surface area contributed by atoms with Crippen molar-refractivity contribution < 1.29 is 4.92 Å². The first kappa shape index (κ1) is 14.9. The van der Waals surface area contributed by atoms with Gasteiger partial charge in [0.1, 0.15) is 5.69 Å². The molecule has 0 spiro atoms. The maximum Gasteiger partial charge on any atom is 0.293 e. The van der Waals surface area contributed by atoms with Gasteiger partial charge in [-0.1, -0.05) is 15.9 Å². The van der Waals surface area contributed by atoms with Gasteiger partial charge in [0.25, 0.3) is 5.69 Å². The zero-order chi connectivity index (χ0) is 13.7. The lowest BCUT2D eigenvalue weighted by Gasteiger charge is -2.20. The molecule has 1 aromatic carbocycles. The van der Waals surface area contributed by atoms with Gasteiger partial charge in [0.05, 0.1) is 4.92 Å². The molecule has 100 valence electrons. The van der Waals surface area contributed by atoms with Crippen molar-refractivity contribution >= 4 is 27.3 Å². The third-order valence-corrected chi connectivity index (χ3v) is 3.14. The number of rotatable bonds is 6. The number of nitro benzene ring substituents is 1. The van der Waals surface area contributed by atoms with Crippen LogP contribution in [-0.4, -0.2) is 44.1 Å². The van der Waals surface area contributed by atoms with E-state index in [0.29, 0.717) is 5.69 Å². The van der Waals surface area contributed by atoms with E-state index in [2.05, 4.69) is 20.8 Å². The van der Waals surface area contributed by atoms with Crippen LogP contribution in [0.4, 0.5) is 11.4 Å². The van der Waals surface area contributed by atoms with E-state index in [1.165, 1.54) is 6.07 Å². The molecule has 1 rings (SSSR count). The van der Waals surface area contributed by atoms with Crippen LogP contribution in [0.3, 0.4) is 0 Å². The van der Waals surface area contributed by atoms with Crippen LogP contribution in [0.25, 0.3) is 0 Å². The van der Waals surface area contributed by atoms with Crippen molar-refractivity contribution in [1.82, 2.24) is 4.90 Å². The highest BCUT2D eigenvalue weighted by atomic mass is 79.9. The Hall–Kier alpha value is -1.14. The molecular weight excluding hydrogens is 298 g/mol. The van der Waals surface area contributed by atoms with Gasteiger partial charge >= 0.3 is 0 Å². The van der Waals surface area contributed by atoms with Crippen LogP contribution < -0.4 is 4.90 Å². The van der Waals surface area contributed by atoms with E-state index in [1.54, 1.807) is 6.07 Å². The summed E-state index contributed by atoms with van der Waals surface area (Å²) in [6, 6.07) is 5.14. The van der Waals surface area contributed by atoms with Crippen LogP contribution in [0.1, 0.15) is 6.42 Å². The molecular formula is C12H18BrN3O2. The average Bonchev–Trinajstić information content (AvgIpc) is 2.28. The molecule has 0 bridgehead atoms. The minimum Gasteiger partial charge on any atom is -0.369 e. The molecule has 0 saturated carbocycles. The van der Waals surface area contributed by atoms with E-state index in [9.17, 15) is 10.1 Å². The summed E-state index contributed by atoms with van der Waals surface area (Å²) in [6.07, 6.45) is 0.969. The van der Waals surface area contributed by atoms with Gasteiger partial charge in [-0.3, -0.25) is 10.1 Å². The van der Waals surface area contributed by atoms with Gasteiger partial charge in [-0.25, -0.2) is 0 Å². The topological polar surface area (TPSA) is 49.6 Å². The average molecular weight is 316 g/mol. The fourth-order valence-corrected chi connectivity index (χ4v) is 2.06. The standard InChI is InChI=1S/C12H18BrN3O2/c1-14(2)7-4-8-15(3)11-6-5-10(13)9-12(11)16(17)18/h5-6,9H,4,7-8H2,1-3H3. The molecule has 0 aromatic heterocycles. The number of nitrogens with zero attached hydrogens (tertiary/aromatic N) is 3. The van der Waals surface area contributed by atoms with Gasteiger partial charge in [0.2, 0.25) is 0 Å². The minimum atomic E-state index is -0.345. The summed E-state index contributed by atoms with van der Waals surface area (Å²) >= 11 is 3.26. The van der Waals surface area contributed by atoms with Crippen LogP contribution >= 0.6 is 15.9 Å². The monoisotopic (exact) mass is 315 g/mol. The number of hydrogen-bond donors (Lipinski definition) is 0. The first-order chi connectivity index (χ1) is 8.41. The van der Waals surface area contributed by atoms with Crippen LogP contribution in [-0.2, 0) is 0 Å². The number of hydrogen-bond acceptors (Lipinski definition) is 4. The largest absolute Gasteiger partial charge is 0.369 e. The summed E-state index contributed by atoms with van der Waals surface area (Å²) in [7, 11) is 5.91. The third kappa shape index (κ3) is 4.27. The highest BCUT2D eigenvalue weighted by Crippen LogP contribution is 2.30. The minimum absolute atomic E-state index is 0.136. The second-order valence-electron chi connectivity index (χ2n) is 4.47. The van der Waals surface area contributed by atoms with Gasteiger partial charge in [0, 0.05) is 24.1 Å². The molecule has 5 nitrogen and oxygen atoms in total. The van der Waals surface area contributed by atoms with Gasteiger partial charge in [-0.15, -0.1) is 0 Å². The van der Waals surface area contributed by atoms with E-state index in [-0.39, 0.29) is 10.6 Å². The molecule has 0 atom stereocenters. The molecule has 0 amide bonds. The van der Waals surface area contributed by atoms with E-state index in [4.69, 9.17) is 0 Å². The molecule has 0 N–H and O–H groups in total. The Morgan fingerprint density at radius 2 is 1.94 bits per heavy atom. The Balaban J connectivity index is 2.78. The molecule has 0 unspecified atom stereocenters. The van der Waals surface area contributed by atoms with Crippen LogP contribution in [0.5, 0.6) is 0 Å². The van der Waals surface area contributed by atoms with Crippen molar-refractivity contribution in [2.75, 3.05) is 39.1 Å². The van der Waals surface area contributed by atoms with Gasteiger partial charge in [0.15, 0.2) is 0 Å². The summed E-state index contributed by atoms with van der Waals surface area (Å²) in [5, 5.41) is 11.0. The quantitative estimate of drug-likeness (QED) is 0.598. The normalized spacial score (nSPS) is 10.7.